The Morgan fingerprint density at radius 1 is 1.39 bits per heavy atom. The predicted molar refractivity (Wildman–Crippen MR) is 84.8 cm³/mol. The van der Waals surface area contributed by atoms with Crippen LogP contribution in [-0.2, 0) is 10.2 Å². The van der Waals surface area contributed by atoms with Crippen molar-refractivity contribution in [1.29, 1.82) is 0 Å². The van der Waals surface area contributed by atoms with Crippen molar-refractivity contribution >= 4 is 5.91 Å². The number of rotatable bonds is 4. The Bertz CT molecular complexity index is 685. The van der Waals surface area contributed by atoms with Crippen molar-refractivity contribution in [2.75, 3.05) is 6.54 Å². The third-order valence-corrected chi connectivity index (χ3v) is 5.28. The van der Waals surface area contributed by atoms with E-state index < -0.39 is 5.41 Å². The van der Waals surface area contributed by atoms with E-state index in [4.69, 9.17) is 8.94 Å². The molecule has 5 nitrogen and oxygen atoms in total. The van der Waals surface area contributed by atoms with Gasteiger partial charge in [-0.3, -0.25) is 4.79 Å². The summed E-state index contributed by atoms with van der Waals surface area (Å²) in [6.45, 7) is 3.04. The zero-order valence-corrected chi connectivity index (χ0v) is 13.5. The molecule has 2 aromatic heterocycles. The normalized spacial score (nSPS) is 23.0. The zero-order chi connectivity index (χ0) is 15.9. The molecule has 0 spiro atoms. The molecule has 1 amide bonds. The molecule has 1 saturated heterocycles. The van der Waals surface area contributed by atoms with Gasteiger partial charge in [0, 0.05) is 18.7 Å². The number of carbonyl (C=O) groups excluding carboxylic acids is 1. The predicted octanol–water partition coefficient (Wildman–Crippen LogP) is 3.76. The van der Waals surface area contributed by atoms with Crippen molar-refractivity contribution in [3.05, 3.63) is 30.2 Å². The number of hydrogen-bond acceptors (Lipinski definition) is 4. The number of furan rings is 1. The van der Waals surface area contributed by atoms with Crippen molar-refractivity contribution in [3.63, 3.8) is 0 Å². The number of amides is 1. The van der Waals surface area contributed by atoms with Crippen molar-refractivity contribution in [3.8, 4) is 11.5 Å². The molecule has 1 atom stereocenters. The molecule has 3 heterocycles. The zero-order valence-electron chi connectivity index (χ0n) is 13.5. The number of nitrogens with zero attached hydrogens (tertiary/aromatic N) is 2. The van der Waals surface area contributed by atoms with Gasteiger partial charge in [-0.25, -0.2) is 0 Å². The molecule has 0 N–H and O–H groups in total. The van der Waals surface area contributed by atoms with Gasteiger partial charge in [-0.05, 0) is 50.7 Å². The van der Waals surface area contributed by atoms with Crippen molar-refractivity contribution in [2.24, 2.45) is 0 Å². The summed E-state index contributed by atoms with van der Waals surface area (Å²) in [6.07, 6.45) is 7.81. The van der Waals surface area contributed by atoms with Crippen LogP contribution in [0.25, 0.3) is 11.5 Å². The molecular formula is C18H22N2O3. The minimum atomic E-state index is -0.459. The summed E-state index contributed by atoms with van der Waals surface area (Å²) >= 11 is 0. The second kappa shape index (κ2) is 5.55. The Labute approximate surface area is 135 Å². The Hall–Kier alpha value is -2.04. The van der Waals surface area contributed by atoms with Crippen LogP contribution < -0.4 is 0 Å². The third-order valence-electron chi connectivity index (χ3n) is 5.28. The molecule has 0 aromatic carbocycles. The van der Waals surface area contributed by atoms with E-state index in [-0.39, 0.29) is 5.91 Å². The van der Waals surface area contributed by atoms with Crippen LogP contribution in [0.5, 0.6) is 0 Å². The first-order valence-electron chi connectivity index (χ1n) is 8.57. The van der Waals surface area contributed by atoms with Crippen molar-refractivity contribution in [1.82, 2.24) is 10.1 Å². The molecular weight excluding hydrogens is 292 g/mol. The minimum Gasteiger partial charge on any atom is -0.461 e. The lowest BCUT2D eigenvalue weighted by molar-refractivity contribution is -0.138. The third kappa shape index (κ3) is 2.38. The number of likely N-dealkylation sites (tertiary alicyclic amines) is 1. The van der Waals surface area contributed by atoms with Crippen LogP contribution in [0.2, 0.25) is 0 Å². The average Bonchev–Trinajstić information content (AvgIpc) is 3.03. The largest absolute Gasteiger partial charge is 0.461 e. The van der Waals surface area contributed by atoms with Gasteiger partial charge < -0.3 is 13.8 Å². The molecule has 2 aliphatic rings. The Morgan fingerprint density at radius 2 is 2.26 bits per heavy atom. The molecule has 4 rings (SSSR count). The summed E-state index contributed by atoms with van der Waals surface area (Å²) in [7, 11) is 0. The second-order valence-electron chi connectivity index (χ2n) is 6.69. The van der Waals surface area contributed by atoms with Crippen LogP contribution in [0.4, 0.5) is 0 Å². The molecule has 2 fully saturated rings. The van der Waals surface area contributed by atoms with Gasteiger partial charge in [0.05, 0.1) is 17.4 Å². The van der Waals surface area contributed by atoms with E-state index in [0.29, 0.717) is 17.6 Å². The van der Waals surface area contributed by atoms with Gasteiger partial charge in [-0.2, -0.15) is 0 Å². The first kappa shape index (κ1) is 14.5. The van der Waals surface area contributed by atoms with Crippen molar-refractivity contribution < 1.29 is 13.7 Å². The summed E-state index contributed by atoms with van der Waals surface area (Å²) in [5.41, 5.74) is 0.299. The van der Waals surface area contributed by atoms with E-state index in [0.717, 1.165) is 44.3 Å². The van der Waals surface area contributed by atoms with Crippen LogP contribution >= 0.6 is 0 Å². The van der Waals surface area contributed by atoms with Gasteiger partial charge in [-0.1, -0.05) is 12.1 Å². The molecule has 1 aliphatic heterocycles. The molecule has 5 heteroatoms. The fourth-order valence-electron chi connectivity index (χ4n) is 3.71. The lowest BCUT2D eigenvalue weighted by Crippen LogP contribution is -2.48. The SMILES string of the molecule is CCC1CCCCN1C(=O)C1(c2cc(-c3ccco3)on2)CC1. The summed E-state index contributed by atoms with van der Waals surface area (Å²) < 4.78 is 10.8. The molecule has 1 unspecified atom stereocenters. The fourth-order valence-corrected chi connectivity index (χ4v) is 3.71. The highest BCUT2D eigenvalue weighted by Crippen LogP contribution is 2.50. The summed E-state index contributed by atoms with van der Waals surface area (Å²) in [4.78, 5) is 15.3. The van der Waals surface area contributed by atoms with Gasteiger partial charge in [0.1, 0.15) is 0 Å². The quantitative estimate of drug-likeness (QED) is 0.862. The standard InChI is InChI=1S/C18H22N2O3/c1-2-13-6-3-4-10-20(13)17(21)18(8-9-18)16-12-15(23-19-16)14-7-5-11-22-14/h5,7,11-13H,2-4,6,8-10H2,1H3. The van der Waals surface area contributed by atoms with Gasteiger partial charge in [0.25, 0.3) is 0 Å². The molecule has 2 aromatic rings. The molecule has 0 radical (unpaired) electrons. The minimum absolute atomic E-state index is 0.239. The highest BCUT2D eigenvalue weighted by atomic mass is 16.5. The maximum atomic E-state index is 13.2. The maximum absolute atomic E-state index is 13.2. The summed E-state index contributed by atoms with van der Waals surface area (Å²) in [5.74, 6) is 1.48. The highest BCUT2D eigenvalue weighted by Gasteiger charge is 2.56. The number of piperidine rings is 1. The molecule has 122 valence electrons. The van der Waals surface area contributed by atoms with Gasteiger partial charge >= 0.3 is 0 Å². The van der Waals surface area contributed by atoms with Gasteiger partial charge in [0.15, 0.2) is 5.76 Å². The van der Waals surface area contributed by atoms with E-state index in [1.54, 1.807) is 6.26 Å². The number of carbonyl (C=O) groups is 1. The number of aromatic nitrogens is 1. The molecule has 23 heavy (non-hydrogen) atoms. The fraction of sp³-hybridized carbons (Fsp3) is 0.556. The average molecular weight is 314 g/mol. The second-order valence-corrected chi connectivity index (χ2v) is 6.69. The molecule has 1 saturated carbocycles. The van der Waals surface area contributed by atoms with Gasteiger partial charge in [0.2, 0.25) is 11.7 Å². The van der Waals surface area contributed by atoms with Crippen LogP contribution in [0.15, 0.2) is 33.4 Å². The highest BCUT2D eigenvalue weighted by molar-refractivity contribution is 5.91. The lowest BCUT2D eigenvalue weighted by atomic mass is 9.94. The van der Waals surface area contributed by atoms with E-state index in [1.165, 1.54) is 6.42 Å². The van der Waals surface area contributed by atoms with E-state index in [1.807, 2.05) is 18.2 Å². The van der Waals surface area contributed by atoms with Crippen LogP contribution in [-0.4, -0.2) is 28.6 Å². The summed E-state index contributed by atoms with van der Waals surface area (Å²) in [6, 6.07) is 5.90. The van der Waals surface area contributed by atoms with E-state index >= 15 is 0 Å². The van der Waals surface area contributed by atoms with Crippen LogP contribution in [0, 0.1) is 0 Å². The number of hydrogen-bond donors (Lipinski definition) is 0. The Balaban J connectivity index is 1.59. The van der Waals surface area contributed by atoms with Crippen LogP contribution in [0.1, 0.15) is 51.1 Å². The smallest absolute Gasteiger partial charge is 0.235 e. The van der Waals surface area contributed by atoms with Crippen LogP contribution in [0.3, 0.4) is 0 Å². The first-order valence-corrected chi connectivity index (χ1v) is 8.57. The van der Waals surface area contributed by atoms with Crippen molar-refractivity contribution in [2.45, 2.75) is 56.9 Å². The van der Waals surface area contributed by atoms with E-state index in [2.05, 4.69) is 17.0 Å². The van der Waals surface area contributed by atoms with E-state index in [9.17, 15) is 4.79 Å². The maximum Gasteiger partial charge on any atom is 0.235 e. The Morgan fingerprint density at radius 3 is 2.96 bits per heavy atom. The molecule has 0 bridgehead atoms. The first-order chi connectivity index (χ1) is 11.2. The monoisotopic (exact) mass is 314 g/mol. The lowest BCUT2D eigenvalue weighted by Gasteiger charge is -2.37. The Kier molecular flexibility index (Phi) is 3.51. The topological polar surface area (TPSA) is 59.5 Å². The summed E-state index contributed by atoms with van der Waals surface area (Å²) in [5, 5.41) is 4.19. The molecule has 1 aliphatic carbocycles. The van der Waals surface area contributed by atoms with Gasteiger partial charge in [-0.15, -0.1) is 0 Å².